The van der Waals surface area contributed by atoms with Crippen molar-refractivity contribution in [1.29, 1.82) is 0 Å². The second-order valence-electron chi connectivity index (χ2n) is 10.9. The lowest BCUT2D eigenvalue weighted by Crippen LogP contribution is -2.57. The highest BCUT2D eigenvalue weighted by atomic mass is 32.2. The summed E-state index contributed by atoms with van der Waals surface area (Å²) in [5.41, 5.74) is 3.20. The van der Waals surface area contributed by atoms with Crippen LogP contribution < -0.4 is 14.9 Å². The first-order chi connectivity index (χ1) is 17.7. The molecule has 8 nitrogen and oxygen atoms in total. The monoisotopic (exact) mass is 544 g/mol. The molecule has 10 heteroatoms. The van der Waals surface area contributed by atoms with Gasteiger partial charge in [0.15, 0.2) is 22.4 Å². The zero-order chi connectivity index (χ0) is 26.3. The SMILES string of the molecule is COc1cc(/C=C2\SC(=S)N(NC(=O)C34CC5CC(CC(C5)C3)C4)C2=O)ccc1OCC(=O)OC(C)C. The molecular formula is C27H32N2O6S2. The van der Waals surface area contributed by atoms with Crippen molar-refractivity contribution in [2.75, 3.05) is 13.7 Å². The van der Waals surface area contributed by atoms with Crippen LogP contribution in [0, 0.1) is 23.2 Å². The standard InChI is InChI=1S/C27H32N2O6S2/c1-15(2)35-23(30)14-34-20-5-4-16(9-21(20)33-3)10-22-24(31)29(26(36)37-22)28-25(32)27-11-17-6-18(12-27)8-19(7-17)13-27/h4-5,9-10,15,17-19H,6-8,11-14H2,1-3H3,(H,28,32)/b22-10-. The summed E-state index contributed by atoms with van der Waals surface area (Å²) >= 11 is 6.61. The Labute approximate surface area is 226 Å². The zero-order valence-corrected chi connectivity index (χ0v) is 22.9. The number of ether oxygens (including phenoxy) is 3. The summed E-state index contributed by atoms with van der Waals surface area (Å²) in [6, 6.07) is 5.14. The number of methoxy groups -OCH3 is 1. The fraction of sp³-hybridized carbons (Fsp3) is 0.556. The predicted octanol–water partition coefficient (Wildman–Crippen LogP) is 4.47. The van der Waals surface area contributed by atoms with Crippen LogP contribution in [0.15, 0.2) is 23.1 Å². The van der Waals surface area contributed by atoms with Gasteiger partial charge in [0.25, 0.3) is 5.91 Å². The molecule has 2 amide bonds. The van der Waals surface area contributed by atoms with Crippen LogP contribution in [0.3, 0.4) is 0 Å². The maximum atomic E-state index is 13.4. The second kappa shape index (κ2) is 10.3. The van der Waals surface area contributed by atoms with Crippen LogP contribution in [0.25, 0.3) is 6.08 Å². The van der Waals surface area contributed by atoms with Crippen molar-refractivity contribution >= 4 is 52.2 Å². The van der Waals surface area contributed by atoms with Crippen molar-refractivity contribution in [2.45, 2.75) is 58.5 Å². The van der Waals surface area contributed by atoms with E-state index < -0.39 is 5.97 Å². The van der Waals surface area contributed by atoms with Gasteiger partial charge in [-0.3, -0.25) is 15.0 Å². The van der Waals surface area contributed by atoms with Gasteiger partial charge in [-0.2, -0.15) is 5.01 Å². The summed E-state index contributed by atoms with van der Waals surface area (Å²) < 4.78 is 16.4. The van der Waals surface area contributed by atoms with E-state index in [0.717, 1.165) is 31.0 Å². The van der Waals surface area contributed by atoms with E-state index in [1.54, 1.807) is 38.1 Å². The molecular weight excluding hydrogens is 512 g/mol. The summed E-state index contributed by atoms with van der Waals surface area (Å²) in [6.07, 6.45) is 7.95. The molecule has 1 aromatic carbocycles. The first kappa shape index (κ1) is 26.0. The van der Waals surface area contributed by atoms with E-state index in [-0.39, 0.29) is 29.9 Å². The Morgan fingerprint density at radius 1 is 1.16 bits per heavy atom. The topological polar surface area (TPSA) is 94.2 Å². The van der Waals surface area contributed by atoms with Gasteiger partial charge in [0.05, 0.1) is 23.5 Å². The molecule has 0 unspecified atom stereocenters. The first-order valence-corrected chi connectivity index (χ1v) is 14.0. The van der Waals surface area contributed by atoms with Gasteiger partial charge in [0, 0.05) is 0 Å². The third-order valence-corrected chi connectivity index (χ3v) is 9.03. The molecule has 4 saturated carbocycles. The summed E-state index contributed by atoms with van der Waals surface area (Å²) in [7, 11) is 1.50. The third kappa shape index (κ3) is 5.36. The van der Waals surface area contributed by atoms with Gasteiger partial charge in [-0.25, -0.2) is 4.79 Å². The van der Waals surface area contributed by atoms with Gasteiger partial charge in [-0.15, -0.1) is 0 Å². The van der Waals surface area contributed by atoms with Crippen LogP contribution in [0.1, 0.15) is 57.9 Å². The minimum Gasteiger partial charge on any atom is -0.493 e. The summed E-state index contributed by atoms with van der Waals surface area (Å²) in [5.74, 6) is 1.81. The van der Waals surface area contributed by atoms with E-state index >= 15 is 0 Å². The fourth-order valence-electron chi connectivity index (χ4n) is 6.65. The minimum absolute atomic E-state index is 0.0664. The van der Waals surface area contributed by atoms with E-state index in [1.165, 1.54) is 31.4 Å². The lowest BCUT2D eigenvalue weighted by Gasteiger charge is -2.55. The second-order valence-corrected chi connectivity index (χ2v) is 12.6. The highest BCUT2D eigenvalue weighted by molar-refractivity contribution is 8.26. The van der Waals surface area contributed by atoms with E-state index in [2.05, 4.69) is 5.43 Å². The Bertz CT molecular complexity index is 1130. The molecule has 1 aliphatic heterocycles. The number of carbonyl (C=O) groups excluding carboxylic acids is 3. The summed E-state index contributed by atoms with van der Waals surface area (Å²) in [6.45, 7) is 3.30. The van der Waals surface area contributed by atoms with Crippen molar-refractivity contribution in [1.82, 2.24) is 10.4 Å². The zero-order valence-electron chi connectivity index (χ0n) is 21.3. The number of thioether (sulfide) groups is 1. The number of carbonyl (C=O) groups is 3. The molecule has 198 valence electrons. The lowest BCUT2D eigenvalue weighted by atomic mass is 9.49. The smallest absolute Gasteiger partial charge is 0.344 e. The average molecular weight is 545 g/mol. The Morgan fingerprint density at radius 3 is 2.41 bits per heavy atom. The first-order valence-electron chi connectivity index (χ1n) is 12.7. The van der Waals surface area contributed by atoms with Crippen LogP contribution in [-0.2, 0) is 19.1 Å². The van der Waals surface area contributed by atoms with Gasteiger partial charge in [0.2, 0.25) is 5.91 Å². The number of rotatable bonds is 8. The van der Waals surface area contributed by atoms with Crippen molar-refractivity contribution in [2.24, 2.45) is 23.2 Å². The van der Waals surface area contributed by atoms with E-state index in [4.69, 9.17) is 26.4 Å². The molecule has 5 aliphatic rings. The lowest BCUT2D eigenvalue weighted by molar-refractivity contribution is -0.152. The number of amides is 2. The molecule has 5 fully saturated rings. The maximum absolute atomic E-state index is 13.4. The number of hydrogen-bond acceptors (Lipinski definition) is 8. The molecule has 0 radical (unpaired) electrons. The molecule has 6 rings (SSSR count). The summed E-state index contributed by atoms with van der Waals surface area (Å²) in [5, 5.41) is 1.22. The number of esters is 1. The van der Waals surface area contributed by atoms with Gasteiger partial charge in [0.1, 0.15) is 0 Å². The molecule has 1 heterocycles. The van der Waals surface area contributed by atoms with Crippen LogP contribution in [0.5, 0.6) is 11.5 Å². The molecule has 0 aromatic heterocycles. The number of benzene rings is 1. The van der Waals surface area contributed by atoms with Crippen molar-refractivity contribution in [3.8, 4) is 11.5 Å². The Kier molecular flexibility index (Phi) is 7.24. The number of nitrogens with zero attached hydrogens (tertiary/aromatic N) is 1. The highest BCUT2D eigenvalue weighted by Gasteiger charge is 2.55. The van der Waals surface area contributed by atoms with Crippen LogP contribution in [0.4, 0.5) is 0 Å². The number of thiocarbonyl (C=S) groups is 1. The quantitative estimate of drug-likeness (QED) is 0.291. The van der Waals surface area contributed by atoms with Crippen molar-refractivity contribution in [3.63, 3.8) is 0 Å². The summed E-state index contributed by atoms with van der Waals surface area (Å²) in [4.78, 5) is 38.8. The van der Waals surface area contributed by atoms with Crippen LogP contribution in [-0.4, -0.2) is 46.9 Å². The molecule has 1 saturated heterocycles. The average Bonchev–Trinajstić information content (AvgIpc) is 3.09. The van der Waals surface area contributed by atoms with E-state index in [9.17, 15) is 14.4 Å². The van der Waals surface area contributed by atoms with Gasteiger partial charge in [-0.05, 0) is 106 Å². The van der Waals surface area contributed by atoms with Crippen molar-refractivity contribution in [3.05, 3.63) is 28.7 Å². The predicted molar refractivity (Wildman–Crippen MR) is 143 cm³/mol. The third-order valence-electron chi connectivity index (χ3n) is 7.73. The Morgan fingerprint density at radius 2 is 1.81 bits per heavy atom. The Balaban J connectivity index is 1.25. The van der Waals surface area contributed by atoms with Gasteiger partial charge in [-0.1, -0.05) is 17.8 Å². The molecule has 1 N–H and O–H groups in total. The largest absolute Gasteiger partial charge is 0.493 e. The molecule has 0 spiro atoms. The fourth-order valence-corrected chi connectivity index (χ4v) is 7.83. The van der Waals surface area contributed by atoms with Crippen molar-refractivity contribution < 1.29 is 28.6 Å². The normalized spacial score (nSPS) is 29.2. The molecule has 1 aromatic rings. The number of hydrogen-bond donors (Lipinski definition) is 1. The molecule has 0 atom stereocenters. The molecule has 4 aliphatic carbocycles. The van der Waals surface area contributed by atoms with Gasteiger partial charge < -0.3 is 14.2 Å². The Hall–Kier alpha value is -2.59. The minimum atomic E-state index is -0.472. The van der Waals surface area contributed by atoms with Crippen LogP contribution >= 0.6 is 24.0 Å². The molecule has 4 bridgehead atoms. The van der Waals surface area contributed by atoms with E-state index in [0.29, 0.717) is 44.0 Å². The number of nitrogens with one attached hydrogen (secondary N) is 1. The highest BCUT2D eigenvalue weighted by Crippen LogP contribution is 2.60. The van der Waals surface area contributed by atoms with E-state index in [1.807, 2.05) is 0 Å². The van der Waals surface area contributed by atoms with Gasteiger partial charge >= 0.3 is 5.97 Å². The maximum Gasteiger partial charge on any atom is 0.344 e. The molecule has 37 heavy (non-hydrogen) atoms. The number of hydrazine groups is 1. The van der Waals surface area contributed by atoms with Crippen LogP contribution in [0.2, 0.25) is 0 Å².